The van der Waals surface area contributed by atoms with E-state index in [-0.39, 0.29) is 11.9 Å². The predicted octanol–water partition coefficient (Wildman–Crippen LogP) is 1.43. The van der Waals surface area contributed by atoms with Gasteiger partial charge in [-0.1, -0.05) is 6.42 Å². The smallest absolute Gasteiger partial charge is 0.263 e. The molecule has 1 amide bonds. The van der Waals surface area contributed by atoms with Gasteiger partial charge in [-0.25, -0.2) is 4.98 Å². The Morgan fingerprint density at radius 3 is 2.90 bits per heavy atom. The topological polar surface area (TPSA) is 54.5 Å². The van der Waals surface area contributed by atoms with Crippen LogP contribution in [0.5, 0.6) is 0 Å². The number of nitrogens with zero attached hydrogens (tertiary/aromatic N) is 2. The first kappa shape index (κ1) is 14.0. The fourth-order valence-electron chi connectivity index (χ4n) is 3.04. The standard InChI is InChI=1S/C14H21N3O2S/c1-10-13(20-9-15-10)14(18)16-11-7-19-8-12(11)17-5-3-2-4-6-17/h9,11-12H,2-8H2,1H3,(H,16,18)/t11-,12-/m0/s1. The highest BCUT2D eigenvalue weighted by Crippen LogP contribution is 2.20. The van der Waals surface area contributed by atoms with E-state index in [9.17, 15) is 4.79 Å². The van der Waals surface area contributed by atoms with Crippen LogP contribution >= 0.6 is 11.3 Å². The van der Waals surface area contributed by atoms with Crippen molar-refractivity contribution < 1.29 is 9.53 Å². The van der Waals surface area contributed by atoms with Crippen molar-refractivity contribution in [3.8, 4) is 0 Å². The zero-order chi connectivity index (χ0) is 13.9. The lowest BCUT2D eigenvalue weighted by Crippen LogP contribution is -2.52. The van der Waals surface area contributed by atoms with E-state index in [4.69, 9.17) is 4.74 Å². The number of aryl methyl sites for hydroxylation is 1. The summed E-state index contributed by atoms with van der Waals surface area (Å²) in [5.41, 5.74) is 2.53. The number of rotatable bonds is 3. The van der Waals surface area contributed by atoms with Crippen LogP contribution in [0.15, 0.2) is 5.51 Å². The zero-order valence-electron chi connectivity index (χ0n) is 11.8. The summed E-state index contributed by atoms with van der Waals surface area (Å²) in [5.74, 6) is -0.0116. The summed E-state index contributed by atoms with van der Waals surface area (Å²) in [6.45, 7) is 5.47. The monoisotopic (exact) mass is 295 g/mol. The van der Waals surface area contributed by atoms with Gasteiger partial charge in [-0.3, -0.25) is 9.69 Å². The maximum absolute atomic E-state index is 12.3. The Morgan fingerprint density at radius 2 is 2.20 bits per heavy atom. The maximum atomic E-state index is 12.3. The third-order valence-corrected chi connectivity index (χ3v) is 5.11. The van der Waals surface area contributed by atoms with Gasteiger partial charge >= 0.3 is 0 Å². The summed E-state index contributed by atoms with van der Waals surface area (Å²) in [7, 11) is 0. The highest BCUT2D eigenvalue weighted by molar-refractivity contribution is 7.11. The van der Waals surface area contributed by atoms with Crippen molar-refractivity contribution in [3.05, 3.63) is 16.1 Å². The van der Waals surface area contributed by atoms with Gasteiger partial charge in [0.25, 0.3) is 5.91 Å². The molecule has 3 rings (SSSR count). The second-order valence-corrected chi connectivity index (χ2v) is 6.40. The number of ether oxygens (including phenoxy) is 1. The van der Waals surface area contributed by atoms with Crippen molar-refractivity contribution in [2.75, 3.05) is 26.3 Å². The predicted molar refractivity (Wildman–Crippen MR) is 78.1 cm³/mol. The first-order chi connectivity index (χ1) is 9.75. The van der Waals surface area contributed by atoms with Crippen molar-refractivity contribution >= 4 is 17.2 Å². The molecular weight excluding hydrogens is 274 g/mol. The molecule has 0 radical (unpaired) electrons. The number of amides is 1. The number of carbonyl (C=O) groups excluding carboxylic acids is 1. The molecule has 5 nitrogen and oxygen atoms in total. The third-order valence-electron chi connectivity index (χ3n) is 4.18. The number of aromatic nitrogens is 1. The van der Waals surface area contributed by atoms with Crippen LogP contribution in [0.3, 0.4) is 0 Å². The normalized spacial score (nSPS) is 27.6. The molecule has 0 aromatic carbocycles. The Balaban J connectivity index is 1.64. The van der Waals surface area contributed by atoms with E-state index >= 15 is 0 Å². The summed E-state index contributed by atoms with van der Waals surface area (Å²) in [5, 5.41) is 3.13. The summed E-state index contributed by atoms with van der Waals surface area (Å²) in [6, 6.07) is 0.426. The van der Waals surface area contributed by atoms with Crippen LogP contribution in [0.2, 0.25) is 0 Å². The van der Waals surface area contributed by atoms with Crippen LogP contribution in [-0.2, 0) is 4.74 Å². The summed E-state index contributed by atoms with van der Waals surface area (Å²) >= 11 is 1.40. The van der Waals surface area contributed by atoms with Crippen LogP contribution in [0.1, 0.15) is 34.6 Å². The minimum atomic E-state index is -0.0116. The number of thiazole rings is 1. The van der Waals surface area contributed by atoms with Gasteiger partial charge in [0.1, 0.15) is 4.88 Å². The van der Waals surface area contributed by atoms with Crippen molar-refractivity contribution in [1.29, 1.82) is 0 Å². The van der Waals surface area contributed by atoms with E-state index in [1.807, 2.05) is 6.92 Å². The molecule has 110 valence electrons. The van der Waals surface area contributed by atoms with Crippen molar-refractivity contribution in [1.82, 2.24) is 15.2 Å². The van der Waals surface area contributed by atoms with Crippen molar-refractivity contribution in [2.45, 2.75) is 38.3 Å². The average molecular weight is 295 g/mol. The van der Waals surface area contributed by atoms with Gasteiger partial charge in [0.2, 0.25) is 0 Å². The molecular formula is C14H21N3O2S. The minimum absolute atomic E-state index is 0.0116. The highest BCUT2D eigenvalue weighted by atomic mass is 32.1. The van der Waals surface area contributed by atoms with Crippen LogP contribution in [0, 0.1) is 6.92 Å². The van der Waals surface area contributed by atoms with E-state index in [2.05, 4.69) is 15.2 Å². The third kappa shape index (κ3) is 2.87. The molecule has 0 spiro atoms. The molecule has 2 atom stereocenters. The van der Waals surface area contributed by atoms with Crippen LogP contribution in [0.4, 0.5) is 0 Å². The number of carbonyl (C=O) groups is 1. The second-order valence-electron chi connectivity index (χ2n) is 5.55. The van der Waals surface area contributed by atoms with Gasteiger partial charge in [-0.05, 0) is 32.9 Å². The van der Waals surface area contributed by atoms with Crippen LogP contribution in [0.25, 0.3) is 0 Å². The molecule has 3 heterocycles. The Labute approximate surface area is 123 Å². The molecule has 0 aliphatic carbocycles. The van der Waals surface area contributed by atoms with Gasteiger partial charge in [-0.15, -0.1) is 11.3 Å². The largest absolute Gasteiger partial charge is 0.378 e. The molecule has 0 bridgehead atoms. The molecule has 2 aliphatic rings. The van der Waals surface area contributed by atoms with Gasteiger partial charge in [0.15, 0.2) is 0 Å². The van der Waals surface area contributed by atoms with E-state index in [0.29, 0.717) is 17.5 Å². The Morgan fingerprint density at radius 1 is 1.40 bits per heavy atom. The Bertz CT molecular complexity index is 471. The van der Waals surface area contributed by atoms with Crippen LogP contribution < -0.4 is 5.32 Å². The summed E-state index contributed by atoms with van der Waals surface area (Å²) in [6.07, 6.45) is 3.83. The molecule has 1 N–H and O–H groups in total. The van der Waals surface area contributed by atoms with E-state index in [1.54, 1.807) is 5.51 Å². The lowest BCUT2D eigenvalue weighted by Gasteiger charge is -2.34. The summed E-state index contributed by atoms with van der Waals surface area (Å²) in [4.78, 5) is 19.6. The van der Waals surface area contributed by atoms with Gasteiger partial charge < -0.3 is 10.1 Å². The van der Waals surface area contributed by atoms with E-state index < -0.39 is 0 Å². The maximum Gasteiger partial charge on any atom is 0.263 e. The first-order valence-corrected chi connectivity index (χ1v) is 8.16. The molecule has 6 heteroatoms. The molecule has 0 saturated carbocycles. The first-order valence-electron chi connectivity index (χ1n) is 7.28. The number of hydrogen-bond donors (Lipinski definition) is 1. The minimum Gasteiger partial charge on any atom is -0.378 e. The fourth-order valence-corrected chi connectivity index (χ4v) is 3.75. The van der Waals surface area contributed by atoms with E-state index in [0.717, 1.165) is 25.4 Å². The lowest BCUT2D eigenvalue weighted by molar-refractivity contribution is 0.0903. The van der Waals surface area contributed by atoms with Crippen molar-refractivity contribution in [2.24, 2.45) is 0 Å². The molecule has 2 saturated heterocycles. The molecule has 1 aromatic rings. The number of hydrogen-bond acceptors (Lipinski definition) is 5. The summed E-state index contributed by atoms with van der Waals surface area (Å²) < 4.78 is 5.60. The van der Waals surface area contributed by atoms with Gasteiger partial charge in [-0.2, -0.15) is 0 Å². The second kappa shape index (κ2) is 6.20. The zero-order valence-corrected chi connectivity index (χ0v) is 12.6. The van der Waals surface area contributed by atoms with E-state index in [1.165, 1.54) is 30.6 Å². The van der Waals surface area contributed by atoms with Gasteiger partial charge in [0.05, 0.1) is 36.5 Å². The average Bonchev–Trinajstić information content (AvgIpc) is 3.08. The highest BCUT2D eigenvalue weighted by Gasteiger charge is 2.35. The molecule has 1 aromatic heterocycles. The Kier molecular flexibility index (Phi) is 4.33. The number of piperidine rings is 1. The Hall–Kier alpha value is -0.980. The molecule has 0 unspecified atom stereocenters. The quantitative estimate of drug-likeness (QED) is 0.916. The SMILES string of the molecule is Cc1ncsc1C(=O)N[C@H]1COC[C@@H]1N1CCCCC1. The molecule has 2 aliphatic heterocycles. The van der Waals surface area contributed by atoms with Gasteiger partial charge in [0, 0.05) is 0 Å². The van der Waals surface area contributed by atoms with Crippen LogP contribution in [-0.4, -0.2) is 54.2 Å². The number of likely N-dealkylation sites (tertiary alicyclic amines) is 1. The fraction of sp³-hybridized carbons (Fsp3) is 0.714. The van der Waals surface area contributed by atoms with Crippen molar-refractivity contribution in [3.63, 3.8) is 0 Å². The molecule has 2 fully saturated rings. The lowest BCUT2D eigenvalue weighted by atomic mass is 10.0. The molecule has 20 heavy (non-hydrogen) atoms. The number of nitrogens with one attached hydrogen (secondary N) is 1.